The van der Waals surface area contributed by atoms with Crippen molar-refractivity contribution in [1.82, 2.24) is 4.98 Å². The van der Waals surface area contributed by atoms with E-state index in [2.05, 4.69) is 20.9 Å². The number of halogens is 2. The maximum Gasteiger partial charge on any atom is 0.125 e. The molecule has 0 spiro atoms. The molecule has 0 saturated heterocycles. The Kier molecular flexibility index (Phi) is 3.54. The predicted octanol–water partition coefficient (Wildman–Crippen LogP) is 4.96. The van der Waals surface area contributed by atoms with Crippen LogP contribution in [0.5, 0.6) is 0 Å². The summed E-state index contributed by atoms with van der Waals surface area (Å²) in [5.74, 6) is -0.270. The van der Waals surface area contributed by atoms with E-state index in [1.165, 1.54) is 23.5 Å². The van der Waals surface area contributed by atoms with Gasteiger partial charge in [0.25, 0.3) is 0 Å². The number of benzene rings is 2. The van der Waals surface area contributed by atoms with Gasteiger partial charge in [-0.3, -0.25) is 0 Å². The smallest absolute Gasteiger partial charge is 0.125 e. The first-order valence-electron chi connectivity index (χ1n) is 5.90. The minimum Gasteiger partial charge on any atom is -0.399 e. The summed E-state index contributed by atoms with van der Waals surface area (Å²) >= 11 is 4.89. The van der Waals surface area contributed by atoms with Gasteiger partial charge in [-0.25, -0.2) is 9.37 Å². The molecule has 0 atom stereocenters. The van der Waals surface area contributed by atoms with E-state index in [1.807, 2.05) is 29.6 Å². The fourth-order valence-electron chi connectivity index (χ4n) is 1.89. The van der Waals surface area contributed by atoms with Crippen molar-refractivity contribution in [1.29, 1.82) is 0 Å². The number of aromatic nitrogens is 1. The van der Waals surface area contributed by atoms with Gasteiger partial charge in [-0.15, -0.1) is 11.3 Å². The number of hydrogen-bond donors (Lipinski definition) is 1. The van der Waals surface area contributed by atoms with Gasteiger partial charge in [0.15, 0.2) is 0 Å². The second kappa shape index (κ2) is 5.34. The van der Waals surface area contributed by atoms with Crippen molar-refractivity contribution in [3.8, 4) is 21.8 Å². The summed E-state index contributed by atoms with van der Waals surface area (Å²) in [6, 6.07) is 12.2. The van der Waals surface area contributed by atoms with E-state index in [0.717, 1.165) is 21.8 Å². The van der Waals surface area contributed by atoms with Gasteiger partial charge in [0, 0.05) is 26.7 Å². The second-order valence-corrected chi connectivity index (χ2v) is 6.00. The van der Waals surface area contributed by atoms with Crippen molar-refractivity contribution < 1.29 is 4.39 Å². The SMILES string of the molecule is Nc1cccc(-c2csc(-c3ccc(F)cc3Br)n2)c1. The molecule has 100 valence electrons. The lowest BCUT2D eigenvalue weighted by Gasteiger charge is -2.01. The molecule has 0 aliphatic carbocycles. The molecule has 3 rings (SSSR count). The van der Waals surface area contributed by atoms with Crippen molar-refractivity contribution in [2.45, 2.75) is 0 Å². The monoisotopic (exact) mass is 348 g/mol. The largest absolute Gasteiger partial charge is 0.399 e. The molecule has 0 radical (unpaired) electrons. The normalized spacial score (nSPS) is 10.7. The summed E-state index contributed by atoms with van der Waals surface area (Å²) in [5.41, 5.74) is 9.22. The van der Waals surface area contributed by atoms with Crippen molar-refractivity contribution in [3.05, 3.63) is 58.1 Å². The standard InChI is InChI=1S/C15H10BrFN2S/c16-13-7-10(17)4-5-12(13)15-19-14(8-20-15)9-2-1-3-11(18)6-9/h1-8H,18H2. The van der Waals surface area contributed by atoms with Crippen LogP contribution in [0.2, 0.25) is 0 Å². The van der Waals surface area contributed by atoms with Gasteiger partial charge in [-0.05, 0) is 46.3 Å². The summed E-state index contributed by atoms with van der Waals surface area (Å²) in [4.78, 5) is 4.59. The van der Waals surface area contributed by atoms with Gasteiger partial charge in [0.1, 0.15) is 10.8 Å². The number of nitrogens with two attached hydrogens (primary N) is 1. The highest BCUT2D eigenvalue weighted by atomic mass is 79.9. The van der Waals surface area contributed by atoms with Crippen LogP contribution in [0.25, 0.3) is 21.8 Å². The van der Waals surface area contributed by atoms with Crippen LogP contribution in [0.15, 0.2) is 52.3 Å². The zero-order valence-electron chi connectivity index (χ0n) is 10.3. The first-order chi connectivity index (χ1) is 9.63. The molecular weight excluding hydrogens is 339 g/mol. The minimum absolute atomic E-state index is 0.270. The number of nitrogen functional groups attached to an aromatic ring is 1. The predicted molar refractivity (Wildman–Crippen MR) is 85.1 cm³/mol. The van der Waals surface area contributed by atoms with E-state index < -0.39 is 0 Å². The van der Waals surface area contributed by atoms with E-state index in [9.17, 15) is 4.39 Å². The molecule has 3 aromatic rings. The van der Waals surface area contributed by atoms with E-state index in [0.29, 0.717) is 10.2 Å². The van der Waals surface area contributed by atoms with Gasteiger partial charge in [-0.2, -0.15) is 0 Å². The molecule has 2 N–H and O–H groups in total. The van der Waals surface area contributed by atoms with Crippen LogP contribution >= 0.6 is 27.3 Å². The Morgan fingerprint density at radius 2 is 2.00 bits per heavy atom. The van der Waals surface area contributed by atoms with E-state index >= 15 is 0 Å². The first kappa shape index (κ1) is 13.3. The van der Waals surface area contributed by atoms with Crippen LogP contribution in [0.1, 0.15) is 0 Å². The molecule has 0 fully saturated rings. The average molecular weight is 349 g/mol. The van der Waals surface area contributed by atoms with E-state index in [1.54, 1.807) is 6.07 Å². The Bertz CT molecular complexity index is 770. The fourth-order valence-corrected chi connectivity index (χ4v) is 3.43. The first-order valence-corrected chi connectivity index (χ1v) is 7.57. The fraction of sp³-hybridized carbons (Fsp3) is 0. The van der Waals surface area contributed by atoms with Crippen LogP contribution in [0, 0.1) is 5.82 Å². The van der Waals surface area contributed by atoms with Gasteiger partial charge in [0.2, 0.25) is 0 Å². The lowest BCUT2D eigenvalue weighted by molar-refractivity contribution is 0.627. The molecule has 0 aliphatic rings. The summed E-state index contributed by atoms with van der Waals surface area (Å²) in [6.45, 7) is 0. The zero-order chi connectivity index (χ0) is 14.1. The minimum atomic E-state index is -0.270. The summed E-state index contributed by atoms with van der Waals surface area (Å²) < 4.78 is 13.8. The van der Waals surface area contributed by atoms with Gasteiger partial charge < -0.3 is 5.73 Å². The quantitative estimate of drug-likeness (QED) is 0.664. The molecule has 2 aromatic carbocycles. The van der Waals surface area contributed by atoms with Crippen molar-refractivity contribution >= 4 is 33.0 Å². The highest BCUT2D eigenvalue weighted by molar-refractivity contribution is 9.10. The topological polar surface area (TPSA) is 38.9 Å². The van der Waals surface area contributed by atoms with Crippen LogP contribution < -0.4 is 5.73 Å². The molecular formula is C15H10BrFN2S. The Balaban J connectivity index is 2.02. The van der Waals surface area contributed by atoms with Gasteiger partial charge in [-0.1, -0.05) is 12.1 Å². The number of thiazole rings is 1. The van der Waals surface area contributed by atoms with Crippen molar-refractivity contribution in [3.63, 3.8) is 0 Å². The maximum atomic E-state index is 13.1. The Labute approximate surface area is 128 Å². The van der Waals surface area contributed by atoms with Crippen LogP contribution in [-0.4, -0.2) is 4.98 Å². The van der Waals surface area contributed by atoms with E-state index in [4.69, 9.17) is 5.73 Å². The van der Waals surface area contributed by atoms with Crippen LogP contribution in [0.3, 0.4) is 0 Å². The molecule has 1 heterocycles. The molecule has 1 aromatic heterocycles. The molecule has 0 saturated carbocycles. The Morgan fingerprint density at radius 1 is 1.15 bits per heavy atom. The second-order valence-electron chi connectivity index (χ2n) is 4.29. The lowest BCUT2D eigenvalue weighted by Crippen LogP contribution is -1.86. The maximum absolute atomic E-state index is 13.1. The van der Waals surface area contributed by atoms with Gasteiger partial charge >= 0.3 is 0 Å². The molecule has 5 heteroatoms. The lowest BCUT2D eigenvalue weighted by atomic mass is 10.1. The number of hydrogen-bond acceptors (Lipinski definition) is 3. The zero-order valence-corrected chi connectivity index (χ0v) is 12.7. The number of anilines is 1. The Morgan fingerprint density at radius 3 is 2.75 bits per heavy atom. The van der Waals surface area contributed by atoms with Crippen LogP contribution in [0.4, 0.5) is 10.1 Å². The third-order valence-electron chi connectivity index (χ3n) is 2.85. The summed E-state index contributed by atoms with van der Waals surface area (Å²) in [5, 5.41) is 2.81. The third kappa shape index (κ3) is 2.59. The van der Waals surface area contributed by atoms with Crippen molar-refractivity contribution in [2.24, 2.45) is 0 Å². The molecule has 0 aliphatic heterocycles. The third-order valence-corrected chi connectivity index (χ3v) is 4.38. The molecule has 2 nitrogen and oxygen atoms in total. The van der Waals surface area contributed by atoms with Crippen molar-refractivity contribution in [2.75, 3.05) is 5.73 Å². The van der Waals surface area contributed by atoms with E-state index in [-0.39, 0.29) is 5.82 Å². The summed E-state index contributed by atoms with van der Waals surface area (Å²) in [7, 11) is 0. The Hall–Kier alpha value is -1.72. The molecule has 0 amide bonds. The molecule has 0 unspecified atom stereocenters. The van der Waals surface area contributed by atoms with Gasteiger partial charge in [0.05, 0.1) is 5.69 Å². The average Bonchev–Trinajstić information content (AvgIpc) is 2.88. The number of nitrogens with zero attached hydrogens (tertiary/aromatic N) is 1. The summed E-state index contributed by atoms with van der Waals surface area (Å²) in [6.07, 6.45) is 0. The van der Waals surface area contributed by atoms with Crippen LogP contribution in [-0.2, 0) is 0 Å². The number of rotatable bonds is 2. The highest BCUT2D eigenvalue weighted by Crippen LogP contribution is 2.34. The molecule has 20 heavy (non-hydrogen) atoms. The molecule has 0 bridgehead atoms. The highest BCUT2D eigenvalue weighted by Gasteiger charge is 2.10.